The molecule has 0 saturated carbocycles. The Morgan fingerprint density at radius 1 is 1.04 bits per heavy atom. The maximum Gasteiger partial charge on any atom is 0.274 e. The third kappa shape index (κ3) is 5.30. The number of aromatic nitrogens is 2. The monoisotopic (exact) mass is 376 g/mol. The highest BCUT2D eigenvalue weighted by molar-refractivity contribution is 6.03. The van der Waals surface area contributed by atoms with Crippen LogP contribution in [0.5, 0.6) is 5.75 Å². The van der Waals surface area contributed by atoms with Gasteiger partial charge in [0.05, 0.1) is 7.11 Å². The van der Waals surface area contributed by atoms with Crippen molar-refractivity contribution in [2.45, 2.75) is 20.3 Å². The molecule has 0 radical (unpaired) electrons. The largest absolute Gasteiger partial charge is 0.497 e. The molecule has 0 spiro atoms. The quantitative estimate of drug-likeness (QED) is 0.652. The molecule has 0 fully saturated rings. The molecule has 0 saturated heterocycles. The van der Waals surface area contributed by atoms with E-state index in [1.54, 1.807) is 13.2 Å². The summed E-state index contributed by atoms with van der Waals surface area (Å²) in [4.78, 5) is 21.3. The lowest BCUT2D eigenvalue weighted by molar-refractivity contribution is 0.102. The molecule has 1 aromatic heterocycles. The van der Waals surface area contributed by atoms with Crippen molar-refractivity contribution in [3.05, 3.63) is 77.1 Å². The molecular formula is C22H24N4O2. The van der Waals surface area contributed by atoms with Crippen molar-refractivity contribution < 1.29 is 9.53 Å². The van der Waals surface area contributed by atoms with Crippen LogP contribution in [0.1, 0.15) is 27.3 Å². The fourth-order valence-electron chi connectivity index (χ4n) is 2.79. The number of nitrogens with one attached hydrogen (secondary N) is 2. The van der Waals surface area contributed by atoms with Crippen LogP contribution in [0.25, 0.3) is 0 Å². The van der Waals surface area contributed by atoms with E-state index in [-0.39, 0.29) is 5.91 Å². The number of amides is 1. The Morgan fingerprint density at radius 2 is 1.82 bits per heavy atom. The van der Waals surface area contributed by atoms with Gasteiger partial charge in [-0.3, -0.25) is 4.79 Å². The number of aryl methyl sites for hydroxylation is 2. The minimum atomic E-state index is -0.255. The lowest BCUT2D eigenvalue weighted by Crippen LogP contribution is -2.17. The number of hydrogen-bond acceptors (Lipinski definition) is 5. The lowest BCUT2D eigenvalue weighted by atomic mass is 10.1. The van der Waals surface area contributed by atoms with Gasteiger partial charge in [-0.2, -0.15) is 0 Å². The summed E-state index contributed by atoms with van der Waals surface area (Å²) in [5, 5.41) is 6.07. The van der Waals surface area contributed by atoms with E-state index in [9.17, 15) is 4.79 Å². The van der Waals surface area contributed by atoms with E-state index < -0.39 is 0 Å². The first-order valence-electron chi connectivity index (χ1n) is 9.14. The van der Waals surface area contributed by atoms with E-state index in [2.05, 4.69) is 20.6 Å². The topological polar surface area (TPSA) is 76.1 Å². The molecular weight excluding hydrogens is 352 g/mol. The zero-order chi connectivity index (χ0) is 19.9. The van der Waals surface area contributed by atoms with Crippen molar-refractivity contribution in [3.8, 4) is 5.75 Å². The Balaban J connectivity index is 1.62. The van der Waals surface area contributed by atoms with Crippen LogP contribution in [-0.4, -0.2) is 29.5 Å². The number of carbonyl (C=O) groups is 1. The normalized spacial score (nSPS) is 10.4. The van der Waals surface area contributed by atoms with Gasteiger partial charge in [0.2, 0.25) is 5.95 Å². The van der Waals surface area contributed by atoms with Crippen LogP contribution in [0.4, 0.5) is 11.6 Å². The van der Waals surface area contributed by atoms with Crippen LogP contribution < -0.4 is 15.4 Å². The van der Waals surface area contributed by atoms with Crippen molar-refractivity contribution in [1.82, 2.24) is 9.97 Å². The Labute approximate surface area is 165 Å². The molecule has 0 aliphatic carbocycles. The van der Waals surface area contributed by atoms with Gasteiger partial charge in [0, 0.05) is 17.9 Å². The van der Waals surface area contributed by atoms with Crippen LogP contribution in [0, 0.1) is 13.8 Å². The number of nitrogens with zero attached hydrogens (tertiary/aromatic N) is 2. The Morgan fingerprint density at radius 3 is 2.54 bits per heavy atom. The first-order chi connectivity index (χ1) is 13.5. The third-order valence-corrected chi connectivity index (χ3v) is 4.22. The molecule has 0 aliphatic heterocycles. The van der Waals surface area contributed by atoms with E-state index in [0.717, 1.165) is 29.1 Å². The van der Waals surface area contributed by atoms with Gasteiger partial charge in [-0.25, -0.2) is 9.97 Å². The second-order valence-electron chi connectivity index (χ2n) is 6.57. The van der Waals surface area contributed by atoms with Crippen molar-refractivity contribution in [1.29, 1.82) is 0 Å². The molecule has 1 amide bonds. The number of ether oxygens (including phenoxy) is 1. The van der Waals surface area contributed by atoms with Crippen molar-refractivity contribution in [2.75, 3.05) is 24.3 Å². The molecule has 0 atom stereocenters. The molecule has 6 heteroatoms. The summed E-state index contributed by atoms with van der Waals surface area (Å²) in [6.07, 6.45) is 0.812. The molecule has 0 bridgehead atoms. The summed E-state index contributed by atoms with van der Waals surface area (Å²) >= 11 is 0. The Hall–Kier alpha value is -3.41. The molecule has 3 aromatic rings. The van der Waals surface area contributed by atoms with Crippen LogP contribution >= 0.6 is 0 Å². The van der Waals surface area contributed by atoms with Gasteiger partial charge in [-0.1, -0.05) is 24.3 Å². The zero-order valence-electron chi connectivity index (χ0n) is 16.3. The summed E-state index contributed by atoms with van der Waals surface area (Å²) in [5.74, 6) is 1.03. The van der Waals surface area contributed by atoms with Crippen molar-refractivity contribution in [3.63, 3.8) is 0 Å². The second kappa shape index (κ2) is 8.99. The predicted molar refractivity (Wildman–Crippen MR) is 111 cm³/mol. The highest BCUT2D eigenvalue weighted by Gasteiger charge is 2.11. The van der Waals surface area contributed by atoms with Crippen LogP contribution in [0.15, 0.2) is 54.6 Å². The van der Waals surface area contributed by atoms with Gasteiger partial charge >= 0.3 is 0 Å². The molecule has 0 unspecified atom stereocenters. The fraction of sp³-hybridized carbons (Fsp3) is 0.227. The summed E-state index contributed by atoms with van der Waals surface area (Å²) in [6, 6.07) is 17.3. The highest BCUT2D eigenvalue weighted by Crippen LogP contribution is 2.14. The van der Waals surface area contributed by atoms with E-state index in [0.29, 0.717) is 18.2 Å². The minimum absolute atomic E-state index is 0.255. The first kappa shape index (κ1) is 19.4. The van der Waals surface area contributed by atoms with Crippen molar-refractivity contribution in [2.24, 2.45) is 0 Å². The predicted octanol–water partition coefficient (Wildman–Crippen LogP) is 4.01. The van der Waals surface area contributed by atoms with Crippen LogP contribution in [-0.2, 0) is 6.42 Å². The van der Waals surface area contributed by atoms with Gasteiger partial charge in [-0.05, 0) is 61.7 Å². The Bertz CT molecular complexity index is 955. The van der Waals surface area contributed by atoms with Crippen LogP contribution in [0.3, 0.4) is 0 Å². The molecule has 3 rings (SSSR count). The molecule has 6 nitrogen and oxygen atoms in total. The van der Waals surface area contributed by atoms with E-state index in [4.69, 9.17) is 4.74 Å². The van der Waals surface area contributed by atoms with E-state index >= 15 is 0 Å². The molecule has 2 aromatic carbocycles. The van der Waals surface area contributed by atoms with Gasteiger partial charge in [-0.15, -0.1) is 0 Å². The highest BCUT2D eigenvalue weighted by atomic mass is 16.5. The SMILES string of the molecule is COc1ccc(CCNc2nc(C)cc(C(=O)Nc3cccc(C)c3)n2)cc1. The number of rotatable bonds is 7. The average Bonchev–Trinajstić information content (AvgIpc) is 2.68. The van der Waals surface area contributed by atoms with Gasteiger partial charge in [0.1, 0.15) is 11.4 Å². The third-order valence-electron chi connectivity index (χ3n) is 4.22. The summed E-state index contributed by atoms with van der Waals surface area (Å²) in [6.45, 7) is 4.49. The summed E-state index contributed by atoms with van der Waals surface area (Å²) in [5.41, 5.74) is 4.07. The van der Waals surface area contributed by atoms with Gasteiger partial charge < -0.3 is 15.4 Å². The van der Waals surface area contributed by atoms with E-state index in [1.165, 1.54) is 5.56 Å². The second-order valence-corrected chi connectivity index (χ2v) is 6.57. The number of anilines is 2. The Kier molecular flexibility index (Phi) is 6.22. The zero-order valence-corrected chi connectivity index (χ0v) is 16.3. The number of carbonyl (C=O) groups excluding carboxylic acids is 1. The smallest absolute Gasteiger partial charge is 0.274 e. The number of methoxy groups -OCH3 is 1. The maximum atomic E-state index is 12.5. The molecule has 0 aliphatic rings. The molecule has 28 heavy (non-hydrogen) atoms. The van der Waals surface area contributed by atoms with Crippen LogP contribution in [0.2, 0.25) is 0 Å². The standard InChI is InChI=1S/C22H24N4O2/c1-15-5-4-6-18(13-15)25-21(27)20-14-16(2)24-22(26-20)23-12-11-17-7-9-19(28-3)10-8-17/h4-10,13-14H,11-12H2,1-3H3,(H,25,27)(H,23,24,26). The van der Waals surface area contributed by atoms with Crippen molar-refractivity contribution >= 4 is 17.5 Å². The number of hydrogen-bond donors (Lipinski definition) is 2. The lowest BCUT2D eigenvalue weighted by Gasteiger charge is -2.09. The minimum Gasteiger partial charge on any atom is -0.497 e. The maximum absolute atomic E-state index is 12.5. The summed E-state index contributed by atoms with van der Waals surface area (Å²) in [7, 11) is 1.65. The van der Waals surface area contributed by atoms with Gasteiger partial charge in [0.25, 0.3) is 5.91 Å². The number of benzene rings is 2. The summed E-state index contributed by atoms with van der Waals surface area (Å²) < 4.78 is 5.17. The van der Waals surface area contributed by atoms with Gasteiger partial charge in [0.15, 0.2) is 0 Å². The first-order valence-corrected chi connectivity index (χ1v) is 9.14. The molecule has 144 valence electrons. The molecule has 1 heterocycles. The fourth-order valence-corrected chi connectivity index (χ4v) is 2.79. The average molecular weight is 376 g/mol. The van der Waals surface area contributed by atoms with E-state index in [1.807, 2.05) is 62.4 Å². The molecule has 2 N–H and O–H groups in total.